The van der Waals surface area contributed by atoms with Gasteiger partial charge in [0, 0.05) is 50.3 Å². The van der Waals surface area contributed by atoms with Crippen LogP contribution in [0.5, 0.6) is 0 Å². The molecule has 2 aromatic rings. The molecule has 2 saturated heterocycles. The summed E-state index contributed by atoms with van der Waals surface area (Å²) >= 11 is 0. The third kappa shape index (κ3) is 4.72. The van der Waals surface area contributed by atoms with Crippen molar-refractivity contribution in [2.24, 2.45) is 0 Å². The molecule has 3 heterocycles. The maximum absolute atomic E-state index is 13.0. The predicted octanol–water partition coefficient (Wildman–Crippen LogP) is 2.98. The van der Waals surface area contributed by atoms with Crippen molar-refractivity contribution in [1.29, 1.82) is 0 Å². The van der Waals surface area contributed by atoms with E-state index in [1.807, 2.05) is 41.4 Å². The fourth-order valence-corrected chi connectivity index (χ4v) is 4.07. The summed E-state index contributed by atoms with van der Waals surface area (Å²) in [6.45, 7) is 5.51. The molecule has 7 nitrogen and oxygen atoms in total. The summed E-state index contributed by atoms with van der Waals surface area (Å²) in [6.07, 6.45) is 8.04. The van der Waals surface area contributed by atoms with E-state index in [2.05, 4.69) is 15.3 Å². The predicted molar refractivity (Wildman–Crippen MR) is 109 cm³/mol. The van der Waals surface area contributed by atoms with Crippen LogP contribution in [0, 0.1) is 0 Å². The monoisotopic (exact) mass is 383 g/mol. The van der Waals surface area contributed by atoms with Gasteiger partial charge in [-0.2, -0.15) is 5.10 Å². The van der Waals surface area contributed by atoms with Crippen LogP contribution in [0.15, 0.2) is 42.7 Å². The number of likely N-dealkylation sites (tertiary alicyclic amines) is 1. The number of carbonyl (C=O) groups excluding carboxylic acids is 1. The van der Waals surface area contributed by atoms with Gasteiger partial charge in [-0.3, -0.25) is 4.90 Å². The number of carbonyl (C=O) groups is 1. The Morgan fingerprint density at radius 1 is 1.18 bits per heavy atom. The summed E-state index contributed by atoms with van der Waals surface area (Å²) in [7, 11) is 0. The second-order valence-corrected chi connectivity index (χ2v) is 7.52. The van der Waals surface area contributed by atoms with Gasteiger partial charge in [-0.25, -0.2) is 9.48 Å². The minimum absolute atomic E-state index is 0.00397. The van der Waals surface area contributed by atoms with Crippen LogP contribution in [0.25, 0.3) is 5.69 Å². The van der Waals surface area contributed by atoms with Gasteiger partial charge >= 0.3 is 6.03 Å². The molecule has 1 aromatic carbocycles. The third-order valence-electron chi connectivity index (χ3n) is 5.64. The highest BCUT2D eigenvalue weighted by Gasteiger charge is 2.27. The SMILES string of the molecule is O=C(Nc1cccc(-n2cccn2)c1)N1CCCC[C@H]1CCN1CCOCC1. The molecule has 1 atom stereocenters. The van der Waals surface area contributed by atoms with E-state index in [0.717, 1.165) is 70.0 Å². The average molecular weight is 383 g/mol. The Bertz CT molecular complexity index is 758. The summed E-state index contributed by atoms with van der Waals surface area (Å²) in [5.74, 6) is 0. The molecule has 1 aromatic heterocycles. The van der Waals surface area contributed by atoms with Crippen molar-refractivity contribution in [3.63, 3.8) is 0 Å². The summed E-state index contributed by atoms with van der Waals surface area (Å²) in [5.41, 5.74) is 1.74. The van der Waals surface area contributed by atoms with Crippen LogP contribution in [-0.4, -0.2) is 71.0 Å². The Morgan fingerprint density at radius 2 is 2.07 bits per heavy atom. The molecule has 150 valence electrons. The molecule has 0 unspecified atom stereocenters. The normalized spacial score (nSPS) is 20.9. The molecule has 0 bridgehead atoms. The molecular weight excluding hydrogens is 354 g/mol. The second kappa shape index (κ2) is 9.21. The minimum atomic E-state index is 0.00397. The molecule has 0 aliphatic carbocycles. The van der Waals surface area contributed by atoms with Gasteiger partial charge in [0.15, 0.2) is 0 Å². The van der Waals surface area contributed by atoms with Crippen molar-refractivity contribution < 1.29 is 9.53 Å². The molecular formula is C21H29N5O2. The average Bonchev–Trinajstić information content (AvgIpc) is 3.28. The van der Waals surface area contributed by atoms with Gasteiger partial charge in [0.1, 0.15) is 0 Å². The molecule has 2 aliphatic rings. The van der Waals surface area contributed by atoms with Gasteiger partial charge in [0.05, 0.1) is 18.9 Å². The van der Waals surface area contributed by atoms with Gasteiger partial charge in [0.2, 0.25) is 0 Å². The van der Waals surface area contributed by atoms with Gasteiger partial charge in [0.25, 0.3) is 0 Å². The number of rotatable bonds is 5. The Morgan fingerprint density at radius 3 is 2.89 bits per heavy atom. The van der Waals surface area contributed by atoms with E-state index in [1.165, 1.54) is 6.42 Å². The first-order chi connectivity index (χ1) is 13.8. The Hall–Kier alpha value is -2.38. The standard InChI is InChI=1S/C21H29N5O2/c27-21(23-18-5-3-7-20(17-18)26-11-4-9-22-26)25-10-2-1-6-19(25)8-12-24-13-15-28-16-14-24/h3-5,7,9,11,17,19H,1-2,6,8,10,12-16H2,(H,23,27)/t19-/m0/s1. The highest BCUT2D eigenvalue weighted by atomic mass is 16.5. The number of hydrogen-bond acceptors (Lipinski definition) is 4. The summed E-state index contributed by atoms with van der Waals surface area (Å²) in [6, 6.07) is 10.0. The maximum Gasteiger partial charge on any atom is 0.322 e. The molecule has 0 saturated carbocycles. The second-order valence-electron chi connectivity index (χ2n) is 7.52. The van der Waals surface area contributed by atoms with E-state index in [-0.39, 0.29) is 6.03 Å². The number of hydrogen-bond donors (Lipinski definition) is 1. The third-order valence-corrected chi connectivity index (χ3v) is 5.64. The van der Waals surface area contributed by atoms with Crippen LogP contribution in [0.3, 0.4) is 0 Å². The molecule has 2 amide bonds. The topological polar surface area (TPSA) is 62.6 Å². The number of piperidine rings is 1. The molecule has 0 spiro atoms. The zero-order chi connectivity index (χ0) is 19.2. The first kappa shape index (κ1) is 19.0. The van der Waals surface area contributed by atoms with Crippen LogP contribution in [0.2, 0.25) is 0 Å². The number of nitrogens with zero attached hydrogens (tertiary/aromatic N) is 4. The van der Waals surface area contributed by atoms with Gasteiger partial charge in [-0.15, -0.1) is 0 Å². The Kier molecular flexibility index (Phi) is 6.24. The summed E-state index contributed by atoms with van der Waals surface area (Å²) < 4.78 is 7.22. The van der Waals surface area contributed by atoms with Crippen LogP contribution in [0.4, 0.5) is 10.5 Å². The molecule has 28 heavy (non-hydrogen) atoms. The van der Waals surface area contributed by atoms with E-state index in [1.54, 1.807) is 10.9 Å². The highest BCUT2D eigenvalue weighted by molar-refractivity contribution is 5.89. The highest BCUT2D eigenvalue weighted by Crippen LogP contribution is 2.22. The quantitative estimate of drug-likeness (QED) is 0.862. The van der Waals surface area contributed by atoms with Crippen molar-refractivity contribution in [2.75, 3.05) is 44.7 Å². The molecule has 1 N–H and O–H groups in total. The lowest BCUT2D eigenvalue weighted by Gasteiger charge is -2.37. The van der Waals surface area contributed by atoms with Crippen LogP contribution < -0.4 is 5.32 Å². The summed E-state index contributed by atoms with van der Waals surface area (Å²) in [5, 5.41) is 7.35. The van der Waals surface area contributed by atoms with E-state index >= 15 is 0 Å². The Labute approximate surface area is 166 Å². The van der Waals surface area contributed by atoms with Crippen LogP contribution >= 0.6 is 0 Å². The zero-order valence-corrected chi connectivity index (χ0v) is 16.3. The van der Waals surface area contributed by atoms with E-state index < -0.39 is 0 Å². The minimum Gasteiger partial charge on any atom is -0.379 e. The van der Waals surface area contributed by atoms with E-state index in [0.29, 0.717) is 6.04 Å². The number of benzene rings is 1. The van der Waals surface area contributed by atoms with Crippen molar-refractivity contribution in [2.45, 2.75) is 31.7 Å². The lowest BCUT2D eigenvalue weighted by Crippen LogP contribution is -2.48. The number of amides is 2. The number of urea groups is 1. The van der Waals surface area contributed by atoms with Gasteiger partial charge in [-0.05, 0) is 49.9 Å². The first-order valence-electron chi connectivity index (χ1n) is 10.3. The molecule has 2 aliphatic heterocycles. The maximum atomic E-state index is 13.0. The van der Waals surface area contributed by atoms with Gasteiger partial charge < -0.3 is 15.0 Å². The van der Waals surface area contributed by atoms with Gasteiger partial charge in [-0.1, -0.05) is 6.07 Å². The number of aromatic nitrogens is 2. The Balaban J connectivity index is 1.37. The molecule has 4 rings (SSSR count). The number of anilines is 1. The molecule has 7 heteroatoms. The lowest BCUT2D eigenvalue weighted by atomic mass is 9.99. The van der Waals surface area contributed by atoms with Crippen molar-refractivity contribution in [3.8, 4) is 5.69 Å². The fourth-order valence-electron chi connectivity index (χ4n) is 4.07. The van der Waals surface area contributed by atoms with Crippen LogP contribution in [0.1, 0.15) is 25.7 Å². The van der Waals surface area contributed by atoms with E-state index in [9.17, 15) is 4.79 Å². The number of ether oxygens (including phenoxy) is 1. The number of morpholine rings is 1. The molecule has 0 radical (unpaired) electrons. The smallest absolute Gasteiger partial charge is 0.322 e. The fraction of sp³-hybridized carbons (Fsp3) is 0.524. The first-order valence-corrected chi connectivity index (χ1v) is 10.3. The summed E-state index contributed by atoms with van der Waals surface area (Å²) in [4.78, 5) is 17.5. The van der Waals surface area contributed by atoms with Crippen molar-refractivity contribution >= 4 is 11.7 Å². The van der Waals surface area contributed by atoms with Crippen molar-refractivity contribution in [3.05, 3.63) is 42.7 Å². The lowest BCUT2D eigenvalue weighted by molar-refractivity contribution is 0.0329. The van der Waals surface area contributed by atoms with Crippen LogP contribution in [-0.2, 0) is 4.74 Å². The number of nitrogens with one attached hydrogen (secondary N) is 1. The van der Waals surface area contributed by atoms with E-state index in [4.69, 9.17) is 4.74 Å². The zero-order valence-electron chi connectivity index (χ0n) is 16.3. The van der Waals surface area contributed by atoms with Crippen molar-refractivity contribution in [1.82, 2.24) is 19.6 Å². The largest absolute Gasteiger partial charge is 0.379 e. The molecule has 2 fully saturated rings.